The molecule has 22 heavy (non-hydrogen) atoms. The number of nitrogens with one attached hydrogen (secondary N) is 1. The van der Waals surface area contributed by atoms with Gasteiger partial charge in [0, 0.05) is 16.9 Å². The van der Waals surface area contributed by atoms with Crippen molar-refractivity contribution in [1.82, 2.24) is 9.97 Å². The summed E-state index contributed by atoms with van der Waals surface area (Å²) < 4.78 is 5.85. The third-order valence-corrected chi connectivity index (χ3v) is 5.09. The number of aromatic nitrogens is 2. The fraction of sp³-hybridized carbons (Fsp3) is 0.294. The van der Waals surface area contributed by atoms with Crippen molar-refractivity contribution >= 4 is 21.6 Å². The minimum Gasteiger partial charge on any atom is -0.370 e. The lowest BCUT2D eigenvalue weighted by Crippen LogP contribution is -2.31. The Morgan fingerprint density at radius 3 is 2.82 bits per heavy atom. The molecule has 1 N–H and O–H groups in total. The molecule has 3 aromatic rings. The highest BCUT2D eigenvalue weighted by Gasteiger charge is 2.30. The SMILES string of the molecule is CC1(C)Cc2c(sc3nc(-c4ccccc4)[nH]c(=O)c23)CO1. The second kappa shape index (κ2) is 4.76. The van der Waals surface area contributed by atoms with Crippen molar-refractivity contribution in [2.45, 2.75) is 32.5 Å². The van der Waals surface area contributed by atoms with Gasteiger partial charge in [0.25, 0.3) is 5.56 Å². The van der Waals surface area contributed by atoms with Crippen LogP contribution in [0.4, 0.5) is 0 Å². The van der Waals surface area contributed by atoms with Crippen LogP contribution in [0.15, 0.2) is 35.1 Å². The van der Waals surface area contributed by atoms with E-state index in [1.165, 1.54) is 0 Å². The Labute approximate surface area is 131 Å². The van der Waals surface area contributed by atoms with Gasteiger partial charge in [-0.1, -0.05) is 30.3 Å². The summed E-state index contributed by atoms with van der Waals surface area (Å²) in [4.78, 5) is 22.1. The topological polar surface area (TPSA) is 55.0 Å². The summed E-state index contributed by atoms with van der Waals surface area (Å²) in [5.74, 6) is 0.622. The van der Waals surface area contributed by atoms with Crippen molar-refractivity contribution in [2.75, 3.05) is 0 Å². The molecule has 5 heteroatoms. The highest BCUT2D eigenvalue weighted by molar-refractivity contribution is 7.18. The van der Waals surface area contributed by atoms with Gasteiger partial charge in [0.1, 0.15) is 10.7 Å². The predicted octanol–water partition coefficient (Wildman–Crippen LogP) is 3.50. The van der Waals surface area contributed by atoms with Crippen LogP contribution < -0.4 is 5.56 Å². The molecule has 3 heterocycles. The number of hydrogen-bond donors (Lipinski definition) is 1. The van der Waals surface area contributed by atoms with Gasteiger partial charge < -0.3 is 9.72 Å². The molecule has 0 amide bonds. The van der Waals surface area contributed by atoms with Gasteiger partial charge in [0.2, 0.25) is 0 Å². The lowest BCUT2D eigenvalue weighted by molar-refractivity contribution is -0.0379. The van der Waals surface area contributed by atoms with Gasteiger partial charge in [-0.05, 0) is 19.4 Å². The smallest absolute Gasteiger partial charge is 0.260 e. The van der Waals surface area contributed by atoms with Crippen molar-refractivity contribution < 1.29 is 4.74 Å². The highest BCUT2D eigenvalue weighted by atomic mass is 32.1. The molecule has 0 radical (unpaired) electrons. The molecule has 0 aliphatic carbocycles. The van der Waals surface area contributed by atoms with Crippen molar-refractivity contribution in [3.05, 3.63) is 51.1 Å². The maximum atomic E-state index is 12.6. The van der Waals surface area contributed by atoms with Gasteiger partial charge in [-0.15, -0.1) is 11.3 Å². The van der Waals surface area contributed by atoms with Crippen LogP contribution in [0.5, 0.6) is 0 Å². The van der Waals surface area contributed by atoms with Crippen LogP contribution in [-0.4, -0.2) is 15.6 Å². The van der Waals surface area contributed by atoms with E-state index in [2.05, 4.69) is 23.8 Å². The first kappa shape index (κ1) is 13.7. The van der Waals surface area contributed by atoms with Crippen LogP contribution in [0, 0.1) is 0 Å². The van der Waals surface area contributed by atoms with Crippen molar-refractivity contribution in [1.29, 1.82) is 0 Å². The fourth-order valence-corrected chi connectivity index (χ4v) is 3.99. The van der Waals surface area contributed by atoms with E-state index in [1.54, 1.807) is 11.3 Å². The average Bonchev–Trinajstić information content (AvgIpc) is 2.85. The maximum absolute atomic E-state index is 12.6. The summed E-state index contributed by atoms with van der Waals surface area (Å²) in [5, 5.41) is 0.732. The summed E-state index contributed by atoms with van der Waals surface area (Å²) >= 11 is 1.57. The summed E-state index contributed by atoms with van der Waals surface area (Å²) in [6.45, 7) is 4.67. The third kappa shape index (κ3) is 2.17. The lowest BCUT2D eigenvalue weighted by Gasteiger charge is -2.29. The van der Waals surface area contributed by atoms with Gasteiger partial charge >= 0.3 is 0 Å². The average molecular weight is 312 g/mol. The minimum atomic E-state index is -0.231. The Kier molecular flexibility index (Phi) is 2.96. The number of benzene rings is 1. The molecule has 2 aromatic heterocycles. The highest BCUT2D eigenvalue weighted by Crippen LogP contribution is 2.37. The number of thiophene rings is 1. The lowest BCUT2D eigenvalue weighted by atomic mass is 9.94. The quantitative estimate of drug-likeness (QED) is 0.748. The van der Waals surface area contributed by atoms with Crippen LogP contribution in [-0.2, 0) is 17.8 Å². The molecule has 0 bridgehead atoms. The number of rotatable bonds is 1. The molecular formula is C17H16N2O2S. The molecule has 4 rings (SSSR count). The van der Waals surface area contributed by atoms with Crippen LogP contribution in [0.1, 0.15) is 24.3 Å². The van der Waals surface area contributed by atoms with Crippen molar-refractivity contribution in [3.8, 4) is 11.4 Å². The molecule has 4 nitrogen and oxygen atoms in total. The fourth-order valence-electron chi connectivity index (χ4n) is 2.88. The molecule has 0 unspecified atom stereocenters. The van der Waals surface area contributed by atoms with E-state index in [0.717, 1.165) is 32.6 Å². The van der Waals surface area contributed by atoms with E-state index >= 15 is 0 Å². The molecule has 0 saturated heterocycles. The normalized spacial score (nSPS) is 16.6. The Balaban J connectivity index is 1.93. The molecule has 0 saturated carbocycles. The predicted molar refractivity (Wildman–Crippen MR) is 88.2 cm³/mol. The molecule has 0 spiro atoms. The van der Waals surface area contributed by atoms with Crippen molar-refractivity contribution in [2.24, 2.45) is 0 Å². The van der Waals surface area contributed by atoms with Crippen LogP contribution in [0.25, 0.3) is 21.6 Å². The zero-order valence-electron chi connectivity index (χ0n) is 12.5. The van der Waals surface area contributed by atoms with Gasteiger partial charge in [0.05, 0.1) is 17.6 Å². The standard InChI is InChI=1S/C17H16N2O2S/c1-17(2)8-11-12(9-21-17)22-16-13(11)15(20)18-14(19-16)10-6-4-3-5-7-10/h3-7H,8-9H2,1-2H3,(H,18,19,20). The number of nitrogens with zero attached hydrogens (tertiary/aromatic N) is 1. The van der Waals surface area contributed by atoms with Crippen LogP contribution in [0.3, 0.4) is 0 Å². The van der Waals surface area contributed by atoms with E-state index in [1.807, 2.05) is 30.3 Å². The van der Waals surface area contributed by atoms with Gasteiger partial charge in [-0.3, -0.25) is 4.79 Å². The van der Waals surface area contributed by atoms with Gasteiger partial charge in [-0.2, -0.15) is 0 Å². The van der Waals surface area contributed by atoms with E-state index in [-0.39, 0.29) is 11.2 Å². The van der Waals surface area contributed by atoms with E-state index in [0.29, 0.717) is 12.4 Å². The largest absolute Gasteiger partial charge is 0.370 e. The zero-order valence-corrected chi connectivity index (χ0v) is 13.3. The summed E-state index contributed by atoms with van der Waals surface area (Å²) in [5.41, 5.74) is 1.74. The Morgan fingerprint density at radius 1 is 1.27 bits per heavy atom. The molecule has 0 atom stereocenters. The maximum Gasteiger partial charge on any atom is 0.260 e. The van der Waals surface area contributed by atoms with Gasteiger partial charge in [0.15, 0.2) is 0 Å². The molecule has 112 valence electrons. The first-order chi connectivity index (χ1) is 10.5. The third-order valence-electron chi connectivity index (χ3n) is 3.99. The van der Waals surface area contributed by atoms with Crippen LogP contribution in [0.2, 0.25) is 0 Å². The number of hydrogen-bond acceptors (Lipinski definition) is 4. The monoisotopic (exact) mass is 312 g/mol. The summed E-state index contributed by atoms with van der Waals surface area (Å²) in [6.07, 6.45) is 0.748. The first-order valence-corrected chi connectivity index (χ1v) is 8.09. The molecule has 1 aromatic carbocycles. The van der Waals surface area contributed by atoms with Crippen molar-refractivity contribution in [3.63, 3.8) is 0 Å². The zero-order chi connectivity index (χ0) is 15.3. The summed E-state index contributed by atoms with van der Waals surface area (Å²) in [7, 11) is 0. The van der Waals surface area contributed by atoms with Gasteiger partial charge in [-0.25, -0.2) is 4.98 Å². The number of aromatic amines is 1. The molecule has 1 aliphatic rings. The number of H-pyrrole nitrogens is 1. The van der Waals surface area contributed by atoms with E-state index < -0.39 is 0 Å². The molecule has 1 aliphatic heterocycles. The van der Waals surface area contributed by atoms with E-state index in [9.17, 15) is 4.79 Å². The Morgan fingerprint density at radius 2 is 2.05 bits per heavy atom. The second-order valence-electron chi connectivity index (χ2n) is 6.19. The number of ether oxygens (including phenoxy) is 1. The van der Waals surface area contributed by atoms with Crippen LogP contribution >= 0.6 is 11.3 Å². The Bertz CT molecular complexity index is 910. The molecular weight excluding hydrogens is 296 g/mol. The second-order valence-corrected chi connectivity index (χ2v) is 7.27. The minimum absolute atomic E-state index is 0.0564. The number of fused-ring (bicyclic) bond motifs is 3. The first-order valence-electron chi connectivity index (χ1n) is 7.27. The Hall–Kier alpha value is -1.98. The summed E-state index contributed by atoms with van der Waals surface area (Å²) in [6, 6.07) is 9.72. The van der Waals surface area contributed by atoms with E-state index in [4.69, 9.17) is 4.74 Å². The molecule has 0 fully saturated rings.